The summed E-state index contributed by atoms with van der Waals surface area (Å²) in [7, 11) is -3.35. The smallest absolute Gasteiger partial charge is 0.216 e. The van der Waals surface area contributed by atoms with Crippen LogP contribution in [0.1, 0.15) is 10.6 Å². The van der Waals surface area contributed by atoms with Crippen molar-refractivity contribution in [3.63, 3.8) is 0 Å². The summed E-state index contributed by atoms with van der Waals surface area (Å²) in [5.74, 6) is -0.0569. The van der Waals surface area contributed by atoms with Crippen LogP contribution in [0.4, 0.5) is 5.69 Å². The van der Waals surface area contributed by atoms with Crippen molar-refractivity contribution in [1.82, 2.24) is 9.71 Å². The van der Waals surface area contributed by atoms with Gasteiger partial charge in [-0.1, -0.05) is 12.1 Å². The molecule has 3 N–H and O–H groups in total. The molecule has 2 aromatic rings. The molecule has 5 nitrogen and oxygen atoms in total. The maximum Gasteiger partial charge on any atom is 0.216 e. The van der Waals surface area contributed by atoms with Crippen LogP contribution >= 0.6 is 11.3 Å². The summed E-state index contributed by atoms with van der Waals surface area (Å²) in [5, 5.41) is 2.56. The predicted octanol–water partition coefficient (Wildman–Crippen LogP) is 1.34. The first-order chi connectivity index (χ1) is 8.55. The number of nitrogens with one attached hydrogen (secondary N) is 1. The molecule has 96 valence electrons. The molecule has 0 aliphatic rings. The van der Waals surface area contributed by atoms with Crippen LogP contribution in [-0.2, 0) is 22.3 Å². The maximum absolute atomic E-state index is 11.8. The average molecular weight is 283 g/mol. The topological polar surface area (TPSA) is 85.1 Å². The molecule has 1 aromatic heterocycles. The highest BCUT2D eigenvalue weighted by Gasteiger charge is 2.11. The van der Waals surface area contributed by atoms with Crippen LogP contribution < -0.4 is 10.5 Å². The fraction of sp³-hybridized carbons (Fsp3) is 0.182. The van der Waals surface area contributed by atoms with Gasteiger partial charge in [-0.05, 0) is 17.7 Å². The first-order valence-electron chi connectivity index (χ1n) is 5.25. The molecule has 1 heterocycles. The molecular weight excluding hydrogens is 270 g/mol. The van der Waals surface area contributed by atoms with Gasteiger partial charge in [0.25, 0.3) is 0 Å². The van der Waals surface area contributed by atoms with Gasteiger partial charge >= 0.3 is 0 Å². The maximum atomic E-state index is 11.8. The van der Waals surface area contributed by atoms with Crippen LogP contribution in [0.15, 0.2) is 35.8 Å². The number of thiazole rings is 1. The van der Waals surface area contributed by atoms with Crippen molar-refractivity contribution in [2.45, 2.75) is 12.3 Å². The summed E-state index contributed by atoms with van der Waals surface area (Å²) < 4.78 is 26.1. The number of hydrogen-bond acceptors (Lipinski definition) is 5. The van der Waals surface area contributed by atoms with Gasteiger partial charge in [0.2, 0.25) is 10.0 Å². The van der Waals surface area contributed by atoms with Crippen LogP contribution in [0.25, 0.3) is 0 Å². The molecule has 0 bridgehead atoms. The van der Waals surface area contributed by atoms with E-state index in [0.29, 0.717) is 11.3 Å². The van der Waals surface area contributed by atoms with Crippen molar-refractivity contribution in [3.05, 3.63) is 46.4 Å². The summed E-state index contributed by atoms with van der Waals surface area (Å²) in [5.41, 5.74) is 6.86. The predicted molar refractivity (Wildman–Crippen MR) is 72.4 cm³/mol. The first kappa shape index (κ1) is 13.0. The Morgan fingerprint density at radius 3 is 2.61 bits per heavy atom. The monoisotopic (exact) mass is 283 g/mol. The largest absolute Gasteiger partial charge is 0.399 e. The van der Waals surface area contributed by atoms with Crippen molar-refractivity contribution >= 4 is 27.0 Å². The normalized spacial score (nSPS) is 11.6. The van der Waals surface area contributed by atoms with Gasteiger partial charge in [-0.15, -0.1) is 11.3 Å². The SMILES string of the molecule is Nc1ccc(CS(=O)(=O)NCc2nccs2)cc1. The quantitative estimate of drug-likeness (QED) is 0.811. The number of aromatic nitrogens is 1. The van der Waals surface area contributed by atoms with Crippen LogP contribution in [-0.4, -0.2) is 13.4 Å². The van der Waals surface area contributed by atoms with Gasteiger partial charge in [-0.25, -0.2) is 18.1 Å². The second-order valence-electron chi connectivity index (χ2n) is 3.75. The van der Waals surface area contributed by atoms with Crippen molar-refractivity contribution < 1.29 is 8.42 Å². The lowest BCUT2D eigenvalue weighted by Gasteiger charge is -2.05. The Kier molecular flexibility index (Phi) is 3.95. The van der Waals surface area contributed by atoms with E-state index in [1.807, 2.05) is 5.38 Å². The van der Waals surface area contributed by atoms with E-state index in [1.54, 1.807) is 30.5 Å². The van der Waals surface area contributed by atoms with E-state index in [0.717, 1.165) is 5.01 Å². The van der Waals surface area contributed by atoms with Crippen molar-refractivity contribution in [2.24, 2.45) is 0 Å². The number of anilines is 1. The third-order valence-electron chi connectivity index (χ3n) is 2.26. The molecular formula is C11H13N3O2S2. The molecule has 0 radical (unpaired) electrons. The Morgan fingerprint density at radius 2 is 2.00 bits per heavy atom. The van der Waals surface area contributed by atoms with E-state index in [2.05, 4.69) is 9.71 Å². The Morgan fingerprint density at radius 1 is 1.28 bits per heavy atom. The van der Waals surface area contributed by atoms with E-state index in [-0.39, 0.29) is 12.3 Å². The Hall–Kier alpha value is -1.44. The number of sulfonamides is 1. The molecule has 0 fully saturated rings. The minimum Gasteiger partial charge on any atom is -0.399 e. The minimum atomic E-state index is -3.35. The zero-order valence-corrected chi connectivity index (χ0v) is 11.2. The molecule has 0 aliphatic heterocycles. The van der Waals surface area contributed by atoms with E-state index >= 15 is 0 Å². The van der Waals surface area contributed by atoms with E-state index in [9.17, 15) is 8.42 Å². The second-order valence-corrected chi connectivity index (χ2v) is 6.53. The number of nitrogen functional groups attached to an aromatic ring is 1. The highest BCUT2D eigenvalue weighted by Crippen LogP contribution is 2.10. The van der Waals surface area contributed by atoms with Gasteiger partial charge in [-0.3, -0.25) is 0 Å². The van der Waals surface area contributed by atoms with Crippen molar-refractivity contribution in [2.75, 3.05) is 5.73 Å². The number of benzene rings is 1. The standard InChI is InChI=1S/C11H13N3O2S2/c12-10-3-1-9(2-4-10)8-18(15,16)14-7-11-13-5-6-17-11/h1-6,14H,7-8,12H2. The summed E-state index contributed by atoms with van der Waals surface area (Å²) in [6, 6.07) is 6.78. The van der Waals surface area contributed by atoms with Gasteiger partial charge in [-0.2, -0.15) is 0 Å². The third kappa shape index (κ3) is 3.80. The van der Waals surface area contributed by atoms with Gasteiger partial charge < -0.3 is 5.73 Å². The van der Waals surface area contributed by atoms with E-state index < -0.39 is 10.0 Å². The first-order valence-corrected chi connectivity index (χ1v) is 7.78. The summed E-state index contributed by atoms with van der Waals surface area (Å²) in [6.07, 6.45) is 1.65. The molecule has 18 heavy (non-hydrogen) atoms. The van der Waals surface area contributed by atoms with Gasteiger partial charge in [0.05, 0.1) is 12.3 Å². The lowest BCUT2D eigenvalue weighted by Crippen LogP contribution is -2.24. The van der Waals surface area contributed by atoms with Crippen LogP contribution in [0.2, 0.25) is 0 Å². The summed E-state index contributed by atoms with van der Waals surface area (Å²) >= 11 is 1.42. The lowest BCUT2D eigenvalue weighted by atomic mass is 10.2. The molecule has 0 aliphatic carbocycles. The molecule has 0 unspecified atom stereocenters. The third-order valence-corrected chi connectivity index (χ3v) is 4.34. The highest BCUT2D eigenvalue weighted by molar-refractivity contribution is 7.88. The van der Waals surface area contributed by atoms with Crippen LogP contribution in [0, 0.1) is 0 Å². The van der Waals surface area contributed by atoms with Crippen molar-refractivity contribution in [3.8, 4) is 0 Å². The van der Waals surface area contributed by atoms with Gasteiger partial charge in [0.15, 0.2) is 0 Å². The number of hydrogen-bond donors (Lipinski definition) is 2. The molecule has 0 atom stereocenters. The minimum absolute atomic E-state index is 0.0569. The zero-order chi connectivity index (χ0) is 13.0. The Bertz CT molecular complexity index is 592. The number of rotatable bonds is 5. The van der Waals surface area contributed by atoms with Crippen LogP contribution in [0.5, 0.6) is 0 Å². The summed E-state index contributed by atoms with van der Waals surface area (Å²) in [6.45, 7) is 0.231. The summed E-state index contributed by atoms with van der Waals surface area (Å²) in [4.78, 5) is 4.01. The van der Waals surface area contributed by atoms with E-state index in [1.165, 1.54) is 11.3 Å². The fourth-order valence-corrected chi connectivity index (χ4v) is 3.13. The molecule has 1 aromatic carbocycles. The number of nitrogens with two attached hydrogens (primary N) is 1. The Balaban J connectivity index is 1.97. The second kappa shape index (κ2) is 5.47. The molecule has 7 heteroatoms. The highest BCUT2D eigenvalue weighted by atomic mass is 32.2. The average Bonchev–Trinajstić information content (AvgIpc) is 2.83. The van der Waals surface area contributed by atoms with Gasteiger partial charge in [0, 0.05) is 17.3 Å². The molecule has 2 rings (SSSR count). The number of nitrogens with zero attached hydrogens (tertiary/aromatic N) is 1. The molecule has 0 spiro atoms. The van der Waals surface area contributed by atoms with Gasteiger partial charge in [0.1, 0.15) is 5.01 Å². The molecule has 0 amide bonds. The zero-order valence-electron chi connectivity index (χ0n) is 9.54. The fourth-order valence-electron chi connectivity index (χ4n) is 1.40. The Labute approximate surface area is 110 Å². The van der Waals surface area contributed by atoms with Crippen LogP contribution in [0.3, 0.4) is 0 Å². The molecule has 0 saturated carbocycles. The van der Waals surface area contributed by atoms with E-state index in [4.69, 9.17) is 5.73 Å². The lowest BCUT2D eigenvalue weighted by molar-refractivity contribution is 0.580. The molecule has 0 saturated heterocycles. The van der Waals surface area contributed by atoms with Crippen molar-refractivity contribution in [1.29, 1.82) is 0 Å².